The Hall–Kier alpha value is -2.63. The summed E-state index contributed by atoms with van der Waals surface area (Å²) >= 11 is 0. The van der Waals surface area contributed by atoms with Crippen molar-refractivity contribution >= 4 is 17.5 Å². The number of anilines is 1. The number of hydrogen-bond acceptors (Lipinski definition) is 3. The van der Waals surface area contributed by atoms with E-state index in [1.165, 1.54) is 12.0 Å². The van der Waals surface area contributed by atoms with Gasteiger partial charge in [0.1, 0.15) is 0 Å². The van der Waals surface area contributed by atoms with Crippen LogP contribution in [0, 0.1) is 0 Å². The van der Waals surface area contributed by atoms with Crippen molar-refractivity contribution in [2.75, 3.05) is 11.4 Å². The molecule has 1 unspecified atom stereocenters. The lowest BCUT2D eigenvalue weighted by molar-refractivity contribution is -0.119. The topological polar surface area (TPSA) is 78.1 Å². The average Bonchev–Trinajstić information content (AvgIpc) is 3.16. The van der Waals surface area contributed by atoms with Gasteiger partial charge in [-0.15, -0.1) is 0 Å². The summed E-state index contributed by atoms with van der Waals surface area (Å²) in [5.74, 6) is -0.00734. The Balaban J connectivity index is 1.29. The molecule has 2 heterocycles. The van der Waals surface area contributed by atoms with Gasteiger partial charge in [0.2, 0.25) is 5.91 Å². The summed E-state index contributed by atoms with van der Waals surface area (Å²) in [6.45, 7) is 2.57. The molecular weight excluding hydrogens is 352 g/mol. The highest BCUT2D eigenvalue weighted by atomic mass is 16.2. The van der Waals surface area contributed by atoms with E-state index >= 15 is 0 Å². The number of amides is 2. The van der Waals surface area contributed by atoms with Gasteiger partial charge in [0, 0.05) is 36.0 Å². The molecule has 0 fully saturated rings. The van der Waals surface area contributed by atoms with Crippen molar-refractivity contribution in [1.29, 1.82) is 0 Å². The maximum atomic E-state index is 12.7. The van der Waals surface area contributed by atoms with E-state index in [2.05, 4.69) is 28.5 Å². The van der Waals surface area contributed by atoms with Crippen LogP contribution in [-0.4, -0.2) is 34.6 Å². The fourth-order valence-electron chi connectivity index (χ4n) is 4.44. The van der Waals surface area contributed by atoms with Crippen molar-refractivity contribution in [3.05, 3.63) is 46.8 Å². The normalized spacial score (nSPS) is 18.3. The number of aromatic amines is 1. The van der Waals surface area contributed by atoms with E-state index in [1.54, 1.807) is 0 Å². The molecule has 0 saturated carbocycles. The van der Waals surface area contributed by atoms with Gasteiger partial charge in [-0.3, -0.25) is 14.7 Å². The Kier molecular flexibility index (Phi) is 5.46. The van der Waals surface area contributed by atoms with E-state index in [1.807, 2.05) is 23.1 Å². The molecule has 1 aliphatic heterocycles. The van der Waals surface area contributed by atoms with Crippen molar-refractivity contribution < 1.29 is 9.59 Å². The molecule has 2 N–H and O–H groups in total. The van der Waals surface area contributed by atoms with Gasteiger partial charge in [-0.1, -0.05) is 24.6 Å². The molecule has 148 valence electrons. The number of aromatic nitrogens is 2. The zero-order chi connectivity index (χ0) is 19.5. The van der Waals surface area contributed by atoms with Gasteiger partial charge in [-0.25, -0.2) is 0 Å². The number of nitrogens with zero attached hydrogens (tertiary/aromatic N) is 2. The van der Waals surface area contributed by atoms with Gasteiger partial charge in [0.05, 0.1) is 0 Å². The van der Waals surface area contributed by atoms with Crippen LogP contribution < -0.4 is 10.2 Å². The number of aryl methyl sites for hydroxylation is 1. The second-order valence-electron chi connectivity index (χ2n) is 7.90. The van der Waals surface area contributed by atoms with Gasteiger partial charge < -0.3 is 10.2 Å². The van der Waals surface area contributed by atoms with Crippen LogP contribution in [0.4, 0.5) is 5.69 Å². The van der Waals surface area contributed by atoms with Gasteiger partial charge in [0.15, 0.2) is 5.69 Å². The molecular formula is C22H28N4O2. The molecule has 2 aromatic rings. The third kappa shape index (κ3) is 3.68. The summed E-state index contributed by atoms with van der Waals surface area (Å²) in [5, 5.41) is 10.2. The third-order valence-corrected chi connectivity index (χ3v) is 5.85. The number of carbonyl (C=O) groups excluding carboxylic acids is 2. The minimum Gasteiger partial charge on any atom is -0.351 e. The van der Waals surface area contributed by atoms with E-state index in [0.29, 0.717) is 25.1 Å². The number of hydrogen-bond donors (Lipinski definition) is 2. The molecule has 6 heteroatoms. The summed E-state index contributed by atoms with van der Waals surface area (Å²) in [7, 11) is 0. The largest absolute Gasteiger partial charge is 0.351 e. The lowest BCUT2D eigenvalue weighted by atomic mass is 10.1. The van der Waals surface area contributed by atoms with Crippen molar-refractivity contribution in [2.45, 2.75) is 64.3 Å². The molecule has 4 rings (SSSR count). The Morgan fingerprint density at radius 3 is 2.93 bits per heavy atom. The fraction of sp³-hybridized carbons (Fsp3) is 0.500. The highest BCUT2D eigenvalue weighted by Gasteiger charge is 2.30. The first kappa shape index (κ1) is 18.7. The molecule has 2 aliphatic rings. The van der Waals surface area contributed by atoms with Crippen molar-refractivity contribution in [3.63, 3.8) is 0 Å². The number of fused-ring (bicyclic) bond motifs is 2. The van der Waals surface area contributed by atoms with Gasteiger partial charge in [-0.05, 0) is 57.1 Å². The van der Waals surface area contributed by atoms with Crippen LogP contribution in [0.15, 0.2) is 24.3 Å². The number of carbonyl (C=O) groups is 2. The van der Waals surface area contributed by atoms with Crippen LogP contribution in [0.25, 0.3) is 0 Å². The zero-order valence-electron chi connectivity index (χ0n) is 16.5. The Morgan fingerprint density at radius 1 is 1.21 bits per heavy atom. The van der Waals surface area contributed by atoms with Crippen LogP contribution >= 0.6 is 0 Å². The third-order valence-electron chi connectivity index (χ3n) is 5.85. The molecule has 2 amide bonds. The lowest BCUT2D eigenvalue weighted by Crippen LogP contribution is -2.36. The Labute approximate surface area is 165 Å². The molecule has 1 aliphatic carbocycles. The fourth-order valence-corrected chi connectivity index (χ4v) is 4.44. The second kappa shape index (κ2) is 8.17. The predicted molar refractivity (Wildman–Crippen MR) is 109 cm³/mol. The maximum absolute atomic E-state index is 12.7. The van der Waals surface area contributed by atoms with Crippen LogP contribution in [-0.2, 0) is 24.1 Å². The molecule has 0 spiro atoms. The van der Waals surface area contributed by atoms with E-state index in [-0.39, 0.29) is 17.9 Å². The van der Waals surface area contributed by atoms with Crippen molar-refractivity contribution in [1.82, 2.24) is 15.5 Å². The SMILES string of the molecule is CC1Cc2ccccc2N1C(=O)CCCNC(=O)c1n[nH]c2c1CCCCC2. The summed E-state index contributed by atoms with van der Waals surface area (Å²) in [6, 6.07) is 8.29. The molecule has 1 atom stereocenters. The average molecular weight is 380 g/mol. The Bertz CT molecular complexity index is 873. The molecule has 28 heavy (non-hydrogen) atoms. The van der Waals surface area contributed by atoms with E-state index in [0.717, 1.165) is 49.0 Å². The predicted octanol–water partition coefficient (Wildman–Crippen LogP) is 3.17. The summed E-state index contributed by atoms with van der Waals surface area (Å²) < 4.78 is 0. The van der Waals surface area contributed by atoms with Crippen LogP contribution in [0.1, 0.15) is 66.3 Å². The first-order chi connectivity index (χ1) is 13.6. The zero-order valence-corrected chi connectivity index (χ0v) is 16.5. The highest BCUT2D eigenvalue weighted by molar-refractivity contribution is 5.96. The minimum absolute atomic E-state index is 0.125. The van der Waals surface area contributed by atoms with Crippen LogP contribution in [0.5, 0.6) is 0 Å². The molecule has 1 aromatic carbocycles. The van der Waals surface area contributed by atoms with Gasteiger partial charge in [0.25, 0.3) is 5.91 Å². The molecule has 0 saturated heterocycles. The number of benzene rings is 1. The van der Waals surface area contributed by atoms with E-state index < -0.39 is 0 Å². The second-order valence-corrected chi connectivity index (χ2v) is 7.90. The lowest BCUT2D eigenvalue weighted by Gasteiger charge is -2.22. The van der Waals surface area contributed by atoms with Gasteiger partial charge >= 0.3 is 0 Å². The number of para-hydroxylation sites is 1. The van der Waals surface area contributed by atoms with Crippen LogP contribution in [0.2, 0.25) is 0 Å². The summed E-state index contributed by atoms with van der Waals surface area (Å²) in [6.07, 6.45) is 7.30. The Morgan fingerprint density at radius 2 is 2.04 bits per heavy atom. The number of nitrogens with one attached hydrogen (secondary N) is 2. The van der Waals surface area contributed by atoms with Crippen molar-refractivity contribution in [2.24, 2.45) is 0 Å². The van der Waals surface area contributed by atoms with E-state index in [9.17, 15) is 9.59 Å². The summed E-state index contributed by atoms with van der Waals surface area (Å²) in [4.78, 5) is 27.1. The van der Waals surface area contributed by atoms with Crippen molar-refractivity contribution in [3.8, 4) is 0 Å². The first-order valence-corrected chi connectivity index (χ1v) is 10.4. The van der Waals surface area contributed by atoms with E-state index in [4.69, 9.17) is 0 Å². The first-order valence-electron chi connectivity index (χ1n) is 10.4. The standard InChI is InChI=1S/C22H28N4O2/c1-15-14-16-8-5-6-11-19(16)26(15)20(27)12-7-13-23-22(28)21-17-9-3-2-4-10-18(17)24-25-21/h5-6,8,11,15H,2-4,7,9-10,12-14H2,1H3,(H,23,28)(H,24,25). The molecule has 1 aromatic heterocycles. The molecule has 6 nitrogen and oxygen atoms in total. The number of H-pyrrole nitrogens is 1. The van der Waals surface area contributed by atoms with Gasteiger partial charge in [-0.2, -0.15) is 5.10 Å². The quantitative estimate of drug-likeness (QED) is 0.618. The minimum atomic E-state index is -0.133. The molecule has 0 radical (unpaired) electrons. The molecule has 0 bridgehead atoms. The summed E-state index contributed by atoms with van der Waals surface area (Å²) in [5.41, 5.74) is 4.98. The smallest absolute Gasteiger partial charge is 0.272 e. The highest BCUT2D eigenvalue weighted by Crippen LogP contribution is 2.32. The maximum Gasteiger partial charge on any atom is 0.272 e. The monoisotopic (exact) mass is 380 g/mol. The van der Waals surface area contributed by atoms with Crippen LogP contribution in [0.3, 0.4) is 0 Å². The number of rotatable bonds is 5.